The number of fused-ring (bicyclic) bond motifs is 1. The van der Waals surface area contributed by atoms with Crippen LogP contribution in [0.5, 0.6) is 5.75 Å². The number of urea groups is 1. The maximum absolute atomic E-state index is 13.0. The first-order valence-electron chi connectivity index (χ1n) is 9.32. The Balaban J connectivity index is 1.55. The highest BCUT2D eigenvalue weighted by Crippen LogP contribution is 2.58. The van der Waals surface area contributed by atoms with Crippen molar-refractivity contribution in [2.75, 3.05) is 7.11 Å². The predicted octanol–water partition coefficient (Wildman–Crippen LogP) is 3.44. The highest BCUT2D eigenvalue weighted by Gasteiger charge is 2.52. The van der Waals surface area contributed by atoms with Crippen molar-refractivity contribution in [3.05, 3.63) is 41.5 Å². The maximum atomic E-state index is 13.0. The second-order valence-corrected chi connectivity index (χ2v) is 8.39. The number of nitrogens with one attached hydrogen (secondary N) is 1. The van der Waals surface area contributed by atoms with Crippen LogP contribution in [0, 0.1) is 17.3 Å². The largest absolute Gasteiger partial charge is 0.497 e. The second kappa shape index (κ2) is 5.94. The number of allylic oxidation sites excluding steroid dienone is 2. The van der Waals surface area contributed by atoms with Crippen LogP contribution >= 0.6 is 0 Å². The van der Waals surface area contributed by atoms with Gasteiger partial charge in [0.15, 0.2) is 0 Å². The molecule has 27 heavy (non-hydrogen) atoms. The lowest BCUT2D eigenvalue weighted by Crippen LogP contribution is -2.48. The number of hydrazone groups is 1. The molecule has 1 aliphatic heterocycles. The van der Waals surface area contributed by atoms with Crippen molar-refractivity contribution in [2.45, 2.75) is 39.2 Å². The van der Waals surface area contributed by atoms with Gasteiger partial charge in [-0.15, -0.1) is 5.01 Å². The van der Waals surface area contributed by atoms with Crippen LogP contribution in [0.2, 0.25) is 0 Å². The molecule has 1 heterocycles. The first-order chi connectivity index (χ1) is 12.8. The van der Waals surface area contributed by atoms with Gasteiger partial charge in [-0.25, -0.2) is 4.79 Å². The number of rotatable bonds is 4. The van der Waals surface area contributed by atoms with Gasteiger partial charge in [-0.3, -0.25) is 4.79 Å². The van der Waals surface area contributed by atoms with Gasteiger partial charge in [-0.2, -0.15) is 5.10 Å². The third-order valence-electron chi connectivity index (χ3n) is 6.67. The molecule has 6 heteroatoms. The standard InChI is InChI=1S/C21H25N3O3/c1-20(2)15-6-5-13(17(20)11-15)12-22-24-18(25)21(3,23-19(24)26)14-7-9-16(27-4)10-8-14/h5,7-10,12,15,17H,6,11H2,1-4H3,(H,23,26)/b22-12-/t15-,17-,21+/m0/s1. The van der Waals surface area contributed by atoms with Crippen molar-refractivity contribution in [1.29, 1.82) is 0 Å². The van der Waals surface area contributed by atoms with Gasteiger partial charge >= 0.3 is 6.03 Å². The third kappa shape index (κ3) is 2.58. The Hall–Kier alpha value is -2.63. The number of imide groups is 1. The van der Waals surface area contributed by atoms with E-state index in [0.29, 0.717) is 17.2 Å². The first kappa shape index (κ1) is 17.8. The van der Waals surface area contributed by atoms with Gasteiger partial charge < -0.3 is 10.1 Å². The highest BCUT2D eigenvalue weighted by atomic mass is 16.5. The van der Waals surface area contributed by atoms with Gasteiger partial charge in [0.2, 0.25) is 0 Å². The molecule has 3 amide bonds. The summed E-state index contributed by atoms with van der Waals surface area (Å²) in [5.41, 5.74) is 0.952. The molecule has 0 aromatic heterocycles. The van der Waals surface area contributed by atoms with E-state index in [9.17, 15) is 9.59 Å². The van der Waals surface area contributed by atoms with Crippen LogP contribution in [0.3, 0.4) is 0 Å². The number of methoxy groups -OCH3 is 1. The van der Waals surface area contributed by atoms with Gasteiger partial charge in [-0.05, 0) is 60.3 Å². The Kier molecular flexibility index (Phi) is 3.91. The maximum Gasteiger partial charge on any atom is 0.346 e. The molecule has 6 nitrogen and oxygen atoms in total. The molecule has 1 N–H and O–H groups in total. The summed E-state index contributed by atoms with van der Waals surface area (Å²) in [7, 11) is 1.58. The molecule has 3 aliphatic carbocycles. The van der Waals surface area contributed by atoms with Crippen LogP contribution in [0.25, 0.3) is 0 Å². The summed E-state index contributed by atoms with van der Waals surface area (Å²) in [5, 5.41) is 7.98. The van der Waals surface area contributed by atoms with Crippen molar-refractivity contribution < 1.29 is 14.3 Å². The van der Waals surface area contributed by atoms with Crippen LogP contribution < -0.4 is 10.1 Å². The number of ether oxygens (including phenoxy) is 1. The molecular formula is C21H25N3O3. The van der Waals surface area contributed by atoms with E-state index >= 15 is 0 Å². The predicted molar refractivity (Wildman–Crippen MR) is 102 cm³/mol. The zero-order valence-corrected chi connectivity index (χ0v) is 16.2. The normalized spacial score (nSPS) is 31.6. The van der Waals surface area contributed by atoms with Crippen molar-refractivity contribution >= 4 is 18.2 Å². The fraction of sp³-hybridized carbons (Fsp3) is 0.476. The average molecular weight is 367 g/mol. The van der Waals surface area contributed by atoms with Gasteiger partial charge in [0.05, 0.1) is 13.3 Å². The first-order valence-corrected chi connectivity index (χ1v) is 9.32. The topological polar surface area (TPSA) is 71.0 Å². The Morgan fingerprint density at radius 3 is 2.52 bits per heavy atom. The summed E-state index contributed by atoms with van der Waals surface area (Å²) in [6, 6.07) is 6.61. The van der Waals surface area contributed by atoms with E-state index in [1.807, 2.05) is 0 Å². The van der Waals surface area contributed by atoms with E-state index in [-0.39, 0.29) is 11.3 Å². The molecule has 5 rings (SSSR count). The molecule has 3 atom stereocenters. The zero-order valence-electron chi connectivity index (χ0n) is 16.2. The fourth-order valence-electron chi connectivity index (χ4n) is 4.52. The van der Waals surface area contributed by atoms with Crippen LogP contribution in [0.1, 0.15) is 39.2 Å². The van der Waals surface area contributed by atoms with Gasteiger partial charge in [0.25, 0.3) is 5.91 Å². The van der Waals surface area contributed by atoms with Gasteiger partial charge in [0.1, 0.15) is 11.3 Å². The van der Waals surface area contributed by atoms with Crippen molar-refractivity contribution in [3.8, 4) is 5.75 Å². The Morgan fingerprint density at radius 1 is 1.22 bits per heavy atom. The number of amides is 3. The molecule has 142 valence electrons. The zero-order chi connectivity index (χ0) is 19.4. The molecule has 4 aliphatic rings. The Labute approximate surface area is 159 Å². The minimum Gasteiger partial charge on any atom is -0.497 e. The molecule has 0 spiro atoms. The number of benzene rings is 1. The van der Waals surface area contributed by atoms with Crippen LogP contribution in [-0.4, -0.2) is 30.3 Å². The molecule has 1 aromatic rings. The number of carbonyl (C=O) groups excluding carboxylic acids is 2. The molecule has 1 saturated carbocycles. The summed E-state index contributed by atoms with van der Waals surface area (Å²) in [6.07, 6.45) is 6.08. The van der Waals surface area contributed by atoms with Crippen LogP contribution in [0.15, 0.2) is 41.0 Å². The minimum absolute atomic E-state index is 0.269. The summed E-state index contributed by atoms with van der Waals surface area (Å²) in [4.78, 5) is 25.4. The van der Waals surface area contributed by atoms with Crippen molar-refractivity contribution in [2.24, 2.45) is 22.4 Å². The monoisotopic (exact) mass is 367 g/mol. The SMILES string of the molecule is COc1ccc([C@@]2(C)NC(=O)N(/N=C\C3=CC[C@H]4C[C@@H]3C4(C)C)C2=O)cc1. The minimum atomic E-state index is -1.14. The number of nitrogens with zero attached hydrogens (tertiary/aromatic N) is 2. The lowest BCUT2D eigenvalue weighted by Gasteiger charge is -2.55. The fourth-order valence-corrected chi connectivity index (χ4v) is 4.52. The molecule has 1 saturated heterocycles. The third-order valence-corrected chi connectivity index (χ3v) is 6.67. The molecule has 2 bridgehead atoms. The Morgan fingerprint density at radius 2 is 1.93 bits per heavy atom. The summed E-state index contributed by atoms with van der Waals surface area (Å²) < 4.78 is 5.16. The molecule has 0 unspecified atom stereocenters. The van der Waals surface area contributed by atoms with Gasteiger partial charge in [0, 0.05) is 0 Å². The van der Waals surface area contributed by atoms with E-state index in [1.165, 1.54) is 0 Å². The summed E-state index contributed by atoms with van der Waals surface area (Å²) in [5.74, 6) is 1.50. The highest BCUT2D eigenvalue weighted by molar-refractivity contribution is 6.07. The van der Waals surface area contributed by atoms with Gasteiger partial charge in [-0.1, -0.05) is 32.1 Å². The quantitative estimate of drug-likeness (QED) is 0.655. The Bertz CT molecular complexity index is 856. The number of carbonyl (C=O) groups is 2. The van der Waals surface area contributed by atoms with Crippen LogP contribution in [-0.2, 0) is 10.3 Å². The number of hydrogen-bond donors (Lipinski definition) is 1. The summed E-state index contributed by atoms with van der Waals surface area (Å²) in [6.45, 7) is 6.26. The van der Waals surface area contributed by atoms with E-state index in [2.05, 4.69) is 30.3 Å². The van der Waals surface area contributed by atoms with Crippen molar-refractivity contribution in [1.82, 2.24) is 10.3 Å². The number of hydrogen-bond acceptors (Lipinski definition) is 4. The van der Waals surface area contributed by atoms with E-state index in [0.717, 1.165) is 29.3 Å². The molecule has 1 aromatic carbocycles. The molecule has 0 radical (unpaired) electrons. The van der Waals surface area contributed by atoms with Crippen molar-refractivity contribution in [3.63, 3.8) is 0 Å². The second-order valence-electron chi connectivity index (χ2n) is 8.39. The lowest BCUT2D eigenvalue weighted by molar-refractivity contribution is -0.131. The van der Waals surface area contributed by atoms with Crippen LogP contribution in [0.4, 0.5) is 4.79 Å². The van der Waals surface area contributed by atoms with E-state index in [1.54, 1.807) is 44.5 Å². The lowest BCUT2D eigenvalue weighted by atomic mass is 9.49. The van der Waals surface area contributed by atoms with E-state index in [4.69, 9.17) is 4.74 Å². The average Bonchev–Trinajstić information content (AvgIpc) is 2.89. The van der Waals surface area contributed by atoms with E-state index < -0.39 is 11.6 Å². The molecule has 2 fully saturated rings. The summed E-state index contributed by atoms with van der Waals surface area (Å²) >= 11 is 0. The molecular weight excluding hydrogens is 342 g/mol. The smallest absolute Gasteiger partial charge is 0.346 e.